The van der Waals surface area contributed by atoms with Crippen LogP contribution in [-0.2, 0) is 4.74 Å². The van der Waals surface area contributed by atoms with Crippen molar-refractivity contribution < 1.29 is 14.3 Å². The van der Waals surface area contributed by atoms with Crippen molar-refractivity contribution in [1.82, 2.24) is 4.90 Å². The lowest BCUT2D eigenvalue weighted by molar-refractivity contribution is 0.0296. The smallest absolute Gasteiger partial charge is 0.190 e. The predicted octanol–water partition coefficient (Wildman–Crippen LogP) is 2.88. The molecular weight excluding hydrogens is 302 g/mol. The van der Waals surface area contributed by atoms with Gasteiger partial charge in [0, 0.05) is 41.9 Å². The molecule has 4 nitrogen and oxygen atoms in total. The van der Waals surface area contributed by atoms with Crippen molar-refractivity contribution >= 4 is 11.6 Å². The Balaban J connectivity index is 1.51. The standard InChI is InChI=1S/C20H23NO3/c22-19-15-3-1-2-4-16(15)20(23)18-8-6-14(5-7-17(18)19)13-21-9-11-24-12-10-21/h1-4,14H,5-13H2. The molecule has 1 heterocycles. The van der Waals surface area contributed by atoms with Crippen LogP contribution in [-0.4, -0.2) is 49.3 Å². The van der Waals surface area contributed by atoms with Gasteiger partial charge in [-0.2, -0.15) is 0 Å². The highest BCUT2D eigenvalue weighted by atomic mass is 16.5. The van der Waals surface area contributed by atoms with E-state index in [-0.39, 0.29) is 11.6 Å². The van der Waals surface area contributed by atoms with Gasteiger partial charge in [0.25, 0.3) is 0 Å². The number of morpholine rings is 1. The van der Waals surface area contributed by atoms with Gasteiger partial charge in [-0.3, -0.25) is 14.5 Å². The number of rotatable bonds is 2. The van der Waals surface area contributed by atoms with Crippen molar-refractivity contribution in [2.75, 3.05) is 32.8 Å². The second-order valence-corrected chi connectivity index (χ2v) is 7.02. The molecule has 2 aliphatic carbocycles. The van der Waals surface area contributed by atoms with Crippen LogP contribution in [0.5, 0.6) is 0 Å². The number of ketones is 2. The van der Waals surface area contributed by atoms with Crippen molar-refractivity contribution in [3.63, 3.8) is 0 Å². The average molecular weight is 325 g/mol. The average Bonchev–Trinajstić information content (AvgIpc) is 2.84. The maximum absolute atomic E-state index is 12.8. The van der Waals surface area contributed by atoms with E-state index in [0.717, 1.165) is 69.7 Å². The maximum atomic E-state index is 12.8. The zero-order valence-electron chi connectivity index (χ0n) is 13.9. The van der Waals surface area contributed by atoms with Crippen LogP contribution in [0.25, 0.3) is 0 Å². The largest absolute Gasteiger partial charge is 0.379 e. The Morgan fingerprint density at radius 2 is 1.46 bits per heavy atom. The lowest BCUT2D eigenvalue weighted by Gasteiger charge is -2.30. The number of ether oxygens (including phenoxy) is 1. The van der Waals surface area contributed by atoms with Crippen molar-refractivity contribution in [2.45, 2.75) is 25.7 Å². The summed E-state index contributed by atoms with van der Waals surface area (Å²) in [6.45, 7) is 4.67. The third kappa shape index (κ3) is 2.85. The quantitative estimate of drug-likeness (QED) is 0.839. The molecule has 0 atom stereocenters. The van der Waals surface area contributed by atoms with Crippen molar-refractivity contribution in [2.24, 2.45) is 5.92 Å². The van der Waals surface area contributed by atoms with E-state index in [4.69, 9.17) is 4.74 Å². The second-order valence-electron chi connectivity index (χ2n) is 7.02. The molecule has 1 aliphatic heterocycles. The van der Waals surface area contributed by atoms with Gasteiger partial charge in [0.2, 0.25) is 0 Å². The molecule has 0 amide bonds. The lowest BCUT2D eigenvalue weighted by Crippen LogP contribution is -2.39. The summed E-state index contributed by atoms with van der Waals surface area (Å²) < 4.78 is 5.42. The van der Waals surface area contributed by atoms with Crippen LogP contribution in [0, 0.1) is 5.92 Å². The highest BCUT2D eigenvalue weighted by Crippen LogP contribution is 2.36. The summed E-state index contributed by atoms with van der Waals surface area (Å²) in [5.41, 5.74) is 2.74. The van der Waals surface area contributed by atoms with Crippen molar-refractivity contribution in [3.8, 4) is 0 Å². The molecule has 0 saturated carbocycles. The van der Waals surface area contributed by atoms with E-state index in [2.05, 4.69) is 4.90 Å². The van der Waals surface area contributed by atoms with E-state index in [9.17, 15) is 9.59 Å². The fraction of sp³-hybridized carbons (Fsp3) is 0.500. The van der Waals surface area contributed by atoms with Crippen LogP contribution in [0.3, 0.4) is 0 Å². The number of allylic oxidation sites excluding steroid dienone is 2. The fourth-order valence-electron chi connectivity index (χ4n) is 4.18. The Hall–Kier alpha value is -1.78. The van der Waals surface area contributed by atoms with Crippen molar-refractivity contribution in [1.29, 1.82) is 0 Å². The van der Waals surface area contributed by atoms with Crippen LogP contribution < -0.4 is 0 Å². The Labute approximate surface area is 142 Å². The number of nitrogens with zero attached hydrogens (tertiary/aromatic N) is 1. The molecule has 3 aliphatic rings. The van der Waals surface area contributed by atoms with Crippen LogP contribution in [0.1, 0.15) is 46.4 Å². The molecule has 4 rings (SSSR count). The summed E-state index contributed by atoms with van der Waals surface area (Å²) in [4.78, 5) is 28.1. The second kappa shape index (κ2) is 6.61. The highest BCUT2D eigenvalue weighted by molar-refractivity contribution is 6.26. The van der Waals surface area contributed by atoms with Crippen LogP contribution in [0.2, 0.25) is 0 Å². The number of hydrogen-bond donors (Lipinski definition) is 0. The first kappa shape index (κ1) is 15.7. The number of carbonyl (C=O) groups is 2. The monoisotopic (exact) mass is 325 g/mol. The van der Waals surface area contributed by atoms with Crippen LogP contribution >= 0.6 is 0 Å². The van der Waals surface area contributed by atoms with Gasteiger partial charge < -0.3 is 4.74 Å². The summed E-state index contributed by atoms with van der Waals surface area (Å²) in [6, 6.07) is 7.26. The topological polar surface area (TPSA) is 46.6 Å². The van der Waals surface area contributed by atoms with Gasteiger partial charge in [-0.15, -0.1) is 0 Å². The first-order valence-corrected chi connectivity index (χ1v) is 8.94. The molecule has 1 fully saturated rings. The number of benzene rings is 1. The van der Waals surface area contributed by atoms with E-state index in [1.807, 2.05) is 12.1 Å². The molecular formula is C20H23NO3. The molecule has 1 aromatic carbocycles. The molecule has 1 aromatic rings. The van der Waals surface area contributed by atoms with Gasteiger partial charge >= 0.3 is 0 Å². The van der Waals surface area contributed by atoms with Gasteiger partial charge in [0.1, 0.15) is 0 Å². The SMILES string of the molecule is O=C1C2=C(CCC(CN3CCOCC3)CC2)C(=O)c2ccccc21. The molecule has 0 aromatic heterocycles. The molecule has 0 N–H and O–H groups in total. The van der Waals surface area contributed by atoms with Crippen LogP contribution in [0.15, 0.2) is 35.4 Å². The first-order valence-electron chi connectivity index (χ1n) is 8.94. The minimum Gasteiger partial charge on any atom is -0.379 e. The summed E-state index contributed by atoms with van der Waals surface area (Å²) in [7, 11) is 0. The third-order valence-corrected chi connectivity index (χ3v) is 5.55. The number of carbonyl (C=O) groups excluding carboxylic acids is 2. The molecule has 0 unspecified atom stereocenters. The molecule has 126 valence electrons. The Morgan fingerprint density at radius 1 is 0.917 bits per heavy atom. The van der Waals surface area contributed by atoms with E-state index in [1.54, 1.807) is 12.1 Å². The molecule has 0 spiro atoms. The number of Topliss-reactive ketones (excluding diaryl/α,β-unsaturated/α-hetero) is 2. The third-order valence-electron chi connectivity index (χ3n) is 5.55. The van der Waals surface area contributed by atoms with E-state index in [1.165, 1.54) is 0 Å². The van der Waals surface area contributed by atoms with Gasteiger partial charge in [0.05, 0.1) is 13.2 Å². The highest BCUT2D eigenvalue weighted by Gasteiger charge is 2.34. The predicted molar refractivity (Wildman–Crippen MR) is 91.3 cm³/mol. The Bertz CT molecular complexity index is 652. The Morgan fingerprint density at radius 3 is 2.00 bits per heavy atom. The molecule has 0 bridgehead atoms. The summed E-state index contributed by atoms with van der Waals surface area (Å²) in [5, 5.41) is 0. The van der Waals surface area contributed by atoms with E-state index in [0.29, 0.717) is 17.0 Å². The van der Waals surface area contributed by atoms with Crippen molar-refractivity contribution in [3.05, 3.63) is 46.5 Å². The number of hydrogen-bond acceptors (Lipinski definition) is 4. The van der Waals surface area contributed by atoms with Gasteiger partial charge in [-0.25, -0.2) is 0 Å². The summed E-state index contributed by atoms with van der Waals surface area (Å²) in [6.07, 6.45) is 3.47. The normalized spacial score (nSPS) is 23.0. The summed E-state index contributed by atoms with van der Waals surface area (Å²) in [5.74, 6) is 0.705. The molecule has 0 radical (unpaired) electrons. The molecule has 1 saturated heterocycles. The van der Waals surface area contributed by atoms with E-state index >= 15 is 0 Å². The zero-order valence-corrected chi connectivity index (χ0v) is 13.9. The van der Waals surface area contributed by atoms with E-state index < -0.39 is 0 Å². The molecule has 4 heteroatoms. The lowest BCUT2D eigenvalue weighted by atomic mass is 9.82. The van der Waals surface area contributed by atoms with Crippen LogP contribution in [0.4, 0.5) is 0 Å². The maximum Gasteiger partial charge on any atom is 0.190 e. The Kier molecular flexibility index (Phi) is 4.33. The van der Waals surface area contributed by atoms with Gasteiger partial charge in [-0.1, -0.05) is 24.3 Å². The minimum absolute atomic E-state index is 0.0761. The summed E-state index contributed by atoms with van der Waals surface area (Å²) >= 11 is 0. The number of fused-ring (bicyclic) bond motifs is 1. The van der Waals surface area contributed by atoms with Gasteiger partial charge in [-0.05, 0) is 31.6 Å². The minimum atomic E-state index is 0.0761. The first-order chi connectivity index (χ1) is 11.7. The van der Waals surface area contributed by atoms with Gasteiger partial charge in [0.15, 0.2) is 11.6 Å². The fourth-order valence-corrected chi connectivity index (χ4v) is 4.18. The zero-order chi connectivity index (χ0) is 16.5. The molecule has 24 heavy (non-hydrogen) atoms.